The van der Waals surface area contributed by atoms with E-state index in [9.17, 15) is 4.79 Å². The van der Waals surface area contributed by atoms with Crippen LogP contribution in [0.4, 0.5) is 11.8 Å². The lowest BCUT2D eigenvalue weighted by Gasteiger charge is -2.10. The van der Waals surface area contributed by atoms with Crippen LogP contribution in [0.2, 0.25) is 0 Å². The van der Waals surface area contributed by atoms with Gasteiger partial charge >= 0.3 is 0 Å². The van der Waals surface area contributed by atoms with Crippen LogP contribution in [0.5, 0.6) is 0 Å². The Bertz CT molecular complexity index is 715. The third-order valence-electron chi connectivity index (χ3n) is 3.53. The van der Waals surface area contributed by atoms with Crippen molar-refractivity contribution >= 4 is 17.7 Å². The van der Waals surface area contributed by atoms with Crippen molar-refractivity contribution in [2.24, 2.45) is 0 Å². The number of nitrogens with zero attached hydrogens (tertiary/aromatic N) is 2. The molecule has 24 heavy (non-hydrogen) atoms. The molecule has 0 aliphatic carbocycles. The molecule has 128 valence electrons. The number of hydrogen-bond acceptors (Lipinski definition) is 5. The molecule has 3 N–H and O–H groups in total. The maximum Gasteiger partial charge on any atom is 0.251 e. The van der Waals surface area contributed by atoms with Crippen molar-refractivity contribution in [2.45, 2.75) is 27.7 Å². The summed E-state index contributed by atoms with van der Waals surface area (Å²) in [7, 11) is 0. The third kappa shape index (κ3) is 4.94. The van der Waals surface area contributed by atoms with Crippen LogP contribution >= 0.6 is 0 Å². The maximum atomic E-state index is 12.2. The van der Waals surface area contributed by atoms with Gasteiger partial charge in [-0.3, -0.25) is 4.79 Å². The van der Waals surface area contributed by atoms with Crippen LogP contribution in [-0.2, 0) is 0 Å². The van der Waals surface area contributed by atoms with Crippen molar-refractivity contribution in [3.63, 3.8) is 0 Å². The third-order valence-corrected chi connectivity index (χ3v) is 3.53. The smallest absolute Gasteiger partial charge is 0.251 e. The zero-order valence-corrected chi connectivity index (χ0v) is 14.7. The Morgan fingerprint density at radius 1 is 1.04 bits per heavy atom. The number of anilines is 2. The number of benzene rings is 1. The van der Waals surface area contributed by atoms with Crippen molar-refractivity contribution in [1.82, 2.24) is 15.3 Å². The number of rotatable bonds is 7. The molecule has 0 aliphatic heterocycles. The normalized spacial score (nSPS) is 10.3. The quantitative estimate of drug-likeness (QED) is 0.681. The summed E-state index contributed by atoms with van der Waals surface area (Å²) < 4.78 is 0. The lowest BCUT2D eigenvalue weighted by molar-refractivity contribution is 0.0954. The standard InChI is InChI=1S/C18H25N5O/c1-5-19-16-11-14(4)22-18(23-16)21-9-8-20-17(24)15-7-6-12(2)10-13(15)3/h6-7,10-11H,5,8-9H2,1-4H3,(H,20,24)(H2,19,21,22,23). The summed E-state index contributed by atoms with van der Waals surface area (Å²) >= 11 is 0. The van der Waals surface area contributed by atoms with Gasteiger partial charge in [-0.05, 0) is 39.3 Å². The Morgan fingerprint density at radius 3 is 2.54 bits per heavy atom. The highest BCUT2D eigenvalue weighted by Crippen LogP contribution is 2.10. The minimum atomic E-state index is -0.0622. The molecule has 2 rings (SSSR count). The fourth-order valence-electron chi connectivity index (χ4n) is 2.43. The Kier molecular flexibility index (Phi) is 6.12. The molecular weight excluding hydrogens is 302 g/mol. The molecule has 0 radical (unpaired) electrons. The fraction of sp³-hybridized carbons (Fsp3) is 0.389. The fourth-order valence-corrected chi connectivity index (χ4v) is 2.43. The van der Waals surface area contributed by atoms with Crippen molar-refractivity contribution in [3.8, 4) is 0 Å². The van der Waals surface area contributed by atoms with E-state index in [2.05, 4.69) is 25.9 Å². The van der Waals surface area contributed by atoms with Crippen LogP contribution in [0.15, 0.2) is 24.3 Å². The molecule has 0 fully saturated rings. The highest BCUT2D eigenvalue weighted by atomic mass is 16.1. The van der Waals surface area contributed by atoms with E-state index in [1.807, 2.05) is 52.0 Å². The van der Waals surface area contributed by atoms with Gasteiger partial charge in [-0.25, -0.2) is 4.98 Å². The molecule has 6 heteroatoms. The number of carbonyl (C=O) groups excluding carboxylic acids is 1. The molecule has 0 unspecified atom stereocenters. The summed E-state index contributed by atoms with van der Waals surface area (Å²) in [5, 5.41) is 9.22. The van der Waals surface area contributed by atoms with E-state index in [0.717, 1.165) is 29.2 Å². The first-order valence-corrected chi connectivity index (χ1v) is 8.18. The first-order chi connectivity index (χ1) is 11.5. The van der Waals surface area contributed by atoms with Crippen LogP contribution in [0.25, 0.3) is 0 Å². The summed E-state index contributed by atoms with van der Waals surface area (Å²) in [6.45, 7) is 9.78. The van der Waals surface area contributed by atoms with E-state index in [0.29, 0.717) is 24.6 Å². The van der Waals surface area contributed by atoms with Crippen molar-refractivity contribution < 1.29 is 4.79 Å². The number of aryl methyl sites for hydroxylation is 3. The highest BCUT2D eigenvalue weighted by Gasteiger charge is 2.08. The van der Waals surface area contributed by atoms with Gasteiger partial charge in [0.15, 0.2) is 0 Å². The van der Waals surface area contributed by atoms with E-state index in [1.54, 1.807) is 0 Å². The minimum absolute atomic E-state index is 0.0622. The lowest BCUT2D eigenvalue weighted by Crippen LogP contribution is -2.29. The summed E-state index contributed by atoms with van der Waals surface area (Å²) in [6, 6.07) is 7.72. The Hall–Kier alpha value is -2.63. The largest absolute Gasteiger partial charge is 0.370 e. The second-order valence-electron chi connectivity index (χ2n) is 5.75. The second-order valence-corrected chi connectivity index (χ2v) is 5.75. The van der Waals surface area contributed by atoms with Crippen LogP contribution in [0.3, 0.4) is 0 Å². The van der Waals surface area contributed by atoms with Gasteiger partial charge in [0.1, 0.15) is 5.82 Å². The molecular formula is C18H25N5O. The molecule has 1 amide bonds. The van der Waals surface area contributed by atoms with E-state index < -0.39 is 0 Å². The lowest BCUT2D eigenvalue weighted by atomic mass is 10.1. The summed E-state index contributed by atoms with van der Waals surface area (Å²) in [6.07, 6.45) is 0. The van der Waals surface area contributed by atoms with Gasteiger partial charge in [0.25, 0.3) is 5.91 Å². The van der Waals surface area contributed by atoms with Gasteiger partial charge in [-0.2, -0.15) is 4.98 Å². The predicted molar refractivity (Wildman–Crippen MR) is 97.7 cm³/mol. The molecule has 2 aromatic rings. The molecule has 1 aromatic carbocycles. The molecule has 6 nitrogen and oxygen atoms in total. The highest BCUT2D eigenvalue weighted by molar-refractivity contribution is 5.95. The average molecular weight is 327 g/mol. The van der Waals surface area contributed by atoms with Gasteiger partial charge in [-0.1, -0.05) is 17.7 Å². The van der Waals surface area contributed by atoms with Crippen LogP contribution in [-0.4, -0.2) is 35.5 Å². The number of amides is 1. The molecule has 0 saturated carbocycles. The molecule has 0 saturated heterocycles. The topological polar surface area (TPSA) is 78.9 Å². The average Bonchev–Trinajstić information content (AvgIpc) is 2.51. The van der Waals surface area contributed by atoms with Gasteiger partial charge in [-0.15, -0.1) is 0 Å². The number of nitrogens with one attached hydrogen (secondary N) is 3. The molecule has 0 atom stereocenters. The molecule has 0 spiro atoms. The first kappa shape index (κ1) is 17.7. The zero-order chi connectivity index (χ0) is 17.5. The summed E-state index contributed by atoms with van der Waals surface area (Å²) in [5.74, 6) is 1.30. The van der Waals surface area contributed by atoms with E-state index in [1.165, 1.54) is 0 Å². The number of hydrogen-bond donors (Lipinski definition) is 3. The zero-order valence-electron chi connectivity index (χ0n) is 14.7. The molecule has 1 heterocycles. The number of aromatic nitrogens is 2. The van der Waals surface area contributed by atoms with E-state index >= 15 is 0 Å². The monoisotopic (exact) mass is 327 g/mol. The van der Waals surface area contributed by atoms with Crippen LogP contribution < -0.4 is 16.0 Å². The van der Waals surface area contributed by atoms with Gasteiger partial charge in [0.2, 0.25) is 5.95 Å². The van der Waals surface area contributed by atoms with Gasteiger partial charge in [0, 0.05) is 37.0 Å². The first-order valence-electron chi connectivity index (χ1n) is 8.18. The molecule has 0 aliphatic rings. The van der Waals surface area contributed by atoms with E-state index in [-0.39, 0.29) is 5.91 Å². The van der Waals surface area contributed by atoms with Crippen molar-refractivity contribution in [1.29, 1.82) is 0 Å². The molecule has 1 aromatic heterocycles. The van der Waals surface area contributed by atoms with Crippen LogP contribution in [0, 0.1) is 20.8 Å². The maximum absolute atomic E-state index is 12.2. The summed E-state index contributed by atoms with van der Waals surface area (Å²) in [4.78, 5) is 20.9. The minimum Gasteiger partial charge on any atom is -0.370 e. The van der Waals surface area contributed by atoms with Gasteiger partial charge < -0.3 is 16.0 Å². The summed E-state index contributed by atoms with van der Waals surface area (Å²) in [5.41, 5.74) is 3.74. The second kappa shape index (κ2) is 8.29. The Morgan fingerprint density at radius 2 is 1.83 bits per heavy atom. The Labute approximate surface area is 143 Å². The Balaban J connectivity index is 1.85. The molecule has 0 bridgehead atoms. The van der Waals surface area contributed by atoms with E-state index in [4.69, 9.17) is 0 Å². The van der Waals surface area contributed by atoms with Gasteiger partial charge in [0.05, 0.1) is 0 Å². The SMILES string of the molecule is CCNc1cc(C)nc(NCCNC(=O)c2ccc(C)cc2C)n1. The van der Waals surface area contributed by atoms with Crippen molar-refractivity contribution in [2.75, 3.05) is 30.3 Å². The van der Waals surface area contributed by atoms with Crippen molar-refractivity contribution in [3.05, 3.63) is 46.6 Å². The van der Waals surface area contributed by atoms with Crippen LogP contribution in [0.1, 0.15) is 34.1 Å². The predicted octanol–water partition coefficient (Wildman–Crippen LogP) is 2.68. The number of carbonyl (C=O) groups is 1.